The van der Waals surface area contributed by atoms with Crippen LogP contribution in [0.15, 0.2) is 64.4 Å². The second-order valence-electron chi connectivity index (χ2n) is 20.5. The van der Waals surface area contributed by atoms with Crippen LogP contribution in [-0.2, 0) is 77.3 Å². The van der Waals surface area contributed by atoms with Crippen molar-refractivity contribution in [3.63, 3.8) is 0 Å². The molecule has 8 rings (SSSR count). The molecule has 0 bridgehead atoms. The molecule has 79 heavy (non-hydrogen) atoms. The van der Waals surface area contributed by atoms with Gasteiger partial charge in [-0.1, -0.05) is 29.3 Å². The number of hydrogen-bond donors (Lipinski definition) is 1. The molecule has 0 fully saturated rings. The molecular formula is C54H75AlI2LiNaO17S3. The monoisotopic (exact) mass is 1400 g/mol. The summed E-state index contributed by atoms with van der Waals surface area (Å²) in [6.07, 6.45) is 6.23. The molecule has 17 nitrogen and oxygen atoms in total. The molecular weight excluding hydrogens is 1330 g/mol. The van der Waals surface area contributed by atoms with Gasteiger partial charge < -0.3 is 44.2 Å². The number of rotatable bonds is 9. The van der Waals surface area contributed by atoms with Gasteiger partial charge in [0.1, 0.15) is 62.1 Å². The molecule has 4 aromatic carbocycles. The number of hydrogen-bond acceptors (Lipinski definition) is 17. The van der Waals surface area contributed by atoms with E-state index in [0.29, 0.717) is 65.7 Å². The molecule has 0 aromatic heterocycles. The minimum atomic E-state index is -3.40. The largest absolute Gasteiger partial charge is 1.00 e. The molecule has 0 amide bonds. The van der Waals surface area contributed by atoms with Crippen LogP contribution in [0.3, 0.4) is 0 Å². The predicted octanol–water partition coefficient (Wildman–Crippen LogP) is 2.94. The first kappa shape index (κ1) is 77.0. The summed E-state index contributed by atoms with van der Waals surface area (Å²) in [6.45, 7) is 23.8. The summed E-state index contributed by atoms with van der Waals surface area (Å²) in [7, 11) is -6.66. The number of aryl methyl sites for hydroxylation is 1. The number of benzene rings is 4. The Labute approximate surface area is 539 Å². The van der Waals surface area contributed by atoms with Crippen LogP contribution in [0.25, 0.3) is 0 Å². The Kier molecular flexibility index (Phi) is 31.6. The van der Waals surface area contributed by atoms with E-state index in [4.69, 9.17) is 41.9 Å². The van der Waals surface area contributed by atoms with Crippen molar-refractivity contribution in [2.24, 2.45) is 0 Å². The third-order valence-corrected chi connectivity index (χ3v) is 13.4. The zero-order chi connectivity index (χ0) is 57.9. The van der Waals surface area contributed by atoms with Gasteiger partial charge in [-0.15, -0.1) is 0 Å². The first-order valence-corrected chi connectivity index (χ1v) is 35.6. The standard InChI is InChI=1S/C14H18O5S.C14H18O3.C13H16O3.C12H16O4S.CH4O2S.Al.I2.Li.Na.4H/c1-5-18-13(15)11-7-10(20(4,16)17)6-9-8-14(2,3)19-12(9)11;1-5-16-13(15)11-7-9(2)6-10-8-14(3,4)17-12(10)11;1-4-15-12(14)10-7-5-6-9-8-13(2,3)16-11(9)10;1-12(2)6-8-4-10(17(3,14)15)5-9(7-13)11(8)16-12;1-4(2)3;;1-2;;;;;;/h6-7H,5,8H2,1-4H3;6-7H,5,8H2,1-4H3;5-7H,4,8H2,1-3H3;4-5,13H,6-7H2,1-3H3;1H3,(H,2,3);;;;;;;;/q;;;;;;;2*+1;;;;-1/p-1. The predicted molar refractivity (Wildman–Crippen MR) is 318 cm³/mol. The van der Waals surface area contributed by atoms with Gasteiger partial charge in [-0.3, -0.25) is 4.21 Å². The topological polar surface area (TPSA) is 244 Å². The normalized spacial score (nSPS) is 15.6. The summed E-state index contributed by atoms with van der Waals surface area (Å²) < 4.78 is 103. The Morgan fingerprint density at radius 3 is 1.30 bits per heavy atom. The minimum Gasteiger partial charge on any atom is -1.00 e. The number of sulfone groups is 2. The van der Waals surface area contributed by atoms with E-state index < -0.39 is 42.3 Å². The SMILES string of the molecule is CC1(C)Cc2cc(S(C)(=O)=O)cc(CO)c2O1.CCOC(=O)c1cc(C)cc2c1OC(C)(C)C2.CCOC(=O)c1cc(S(C)(=O)=O)cc2c1OC(C)(C)C2.CCOC(=O)c1cccc2c1OC(C)(C)C2.CS(=O)[O-].II.[AlH3].[H-].[Li+].[Na+]. The summed E-state index contributed by atoms with van der Waals surface area (Å²) in [5.74, 6) is 1.27. The van der Waals surface area contributed by atoms with Gasteiger partial charge in [0.2, 0.25) is 0 Å². The molecule has 4 aromatic rings. The summed E-state index contributed by atoms with van der Waals surface area (Å²) in [4.78, 5) is 35.9. The second kappa shape index (κ2) is 32.4. The molecule has 4 aliphatic heterocycles. The summed E-state index contributed by atoms with van der Waals surface area (Å²) in [5.41, 5.74) is 5.33. The molecule has 430 valence electrons. The average Bonchev–Trinajstić information content (AvgIpc) is 4.00. The molecule has 25 heteroatoms. The quantitative estimate of drug-likeness (QED) is 0.0833. The minimum absolute atomic E-state index is 0. The molecule has 0 aliphatic carbocycles. The average molecular weight is 1400 g/mol. The first-order valence-electron chi connectivity index (χ1n) is 24.1. The van der Waals surface area contributed by atoms with E-state index in [1.54, 1.807) is 39.0 Å². The molecule has 1 N–H and O–H groups in total. The Hall–Kier alpha value is -1.95. The molecule has 0 radical (unpaired) electrons. The van der Waals surface area contributed by atoms with Crippen LogP contribution in [0.5, 0.6) is 23.0 Å². The zero-order valence-corrected chi connectivity index (χ0v) is 56.6. The summed E-state index contributed by atoms with van der Waals surface area (Å²) in [6, 6.07) is 15.5. The van der Waals surface area contributed by atoms with Crippen molar-refractivity contribution >= 4 is 103 Å². The van der Waals surface area contributed by atoms with E-state index in [1.165, 1.54) is 12.1 Å². The van der Waals surface area contributed by atoms with Gasteiger partial charge in [0.25, 0.3) is 0 Å². The van der Waals surface area contributed by atoms with E-state index >= 15 is 0 Å². The van der Waals surface area contributed by atoms with E-state index in [9.17, 15) is 36.3 Å². The number of ether oxygens (including phenoxy) is 7. The fourth-order valence-electron chi connectivity index (χ4n) is 8.56. The molecule has 0 spiro atoms. The Morgan fingerprint density at radius 1 is 0.608 bits per heavy atom. The maximum Gasteiger partial charge on any atom is 1.00 e. The van der Waals surface area contributed by atoms with Gasteiger partial charge in [0.05, 0.1) is 36.2 Å². The third-order valence-electron chi connectivity index (χ3n) is 11.3. The van der Waals surface area contributed by atoms with Crippen LogP contribution < -0.4 is 67.4 Å². The number of aliphatic hydroxyl groups is 1. The van der Waals surface area contributed by atoms with Crippen molar-refractivity contribution in [1.29, 1.82) is 0 Å². The molecule has 4 aliphatic rings. The van der Waals surface area contributed by atoms with E-state index in [1.807, 2.05) is 80.5 Å². The van der Waals surface area contributed by atoms with Gasteiger partial charge in [-0.05, 0) is 148 Å². The second-order valence-corrected chi connectivity index (χ2v) is 25.4. The van der Waals surface area contributed by atoms with Crippen LogP contribution in [-0.4, -0.2) is 127 Å². The van der Waals surface area contributed by atoms with Crippen molar-refractivity contribution in [2.45, 2.75) is 148 Å². The molecule has 0 saturated carbocycles. The number of carbonyl (C=O) groups excluding carboxylic acids is 3. The number of esters is 3. The van der Waals surface area contributed by atoms with Gasteiger partial charge in [0.15, 0.2) is 37.0 Å². The maximum atomic E-state index is 12.0. The molecule has 1 unspecified atom stereocenters. The van der Waals surface area contributed by atoms with Gasteiger partial charge >= 0.3 is 66.3 Å². The van der Waals surface area contributed by atoms with Crippen LogP contribution in [0.1, 0.15) is 142 Å². The number of carbonyl (C=O) groups is 3. The number of halogens is 2. The van der Waals surface area contributed by atoms with Crippen molar-refractivity contribution in [1.82, 2.24) is 0 Å². The smallest absolute Gasteiger partial charge is 1.00 e. The fourth-order valence-corrected chi connectivity index (χ4v) is 9.96. The van der Waals surface area contributed by atoms with E-state index in [-0.39, 0.29) is 125 Å². The Balaban J connectivity index is 0. The van der Waals surface area contributed by atoms with Gasteiger partial charge in [0, 0.05) is 86.6 Å². The fraction of sp³-hybridized carbons (Fsp3) is 0.500. The zero-order valence-electron chi connectivity index (χ0n) is 48.8. The van der Waals surface area contributed by atoms with Crippen LogP contribution >= 0.6 is 37.2 Å². The van der Waals surface area contributed by atoms with Crippen LogP contribution in [0.2, 0.25) is 0 Å². The van der Waals surface area contributed by atoms with Gasteiger partial charge in [-0.2, -0.15) is 0 Å². The van der Waals surface area contributed by atoms with Gasteiger partial charge in [-0.25, -0.2) is 31.2 Å². The Bertz CT molecular complexity index is 3030. The van der Waals surface area contributed by atoms with Crippen molar-refractivity contribution in [3.05, 3.63) is 105 Å². The van der Waals surface area contributed by atoms with Crippen molar-refractivity contribution in [2.75, 3.05) is 38.6 Å². The molecule has 1 atom stereocenters. The number of aliphatic hydroxyl groups excluding tert-OH is 1. The Morgan fingerprint density at radius 2 is 0.924 bits per heavy atom. The molecule has 4 heterocycles. The summed E-state index contributed by atoms with van der Waals surface area (Å²) in [5, 5.41) is 9.29. The van der Waals surface area contributed by atoms with Crippen LogP contribution in [0, 0.1) is 6.92 Å². The van der Waals surface area contributed by atoms with E-state index in [2.05, 4.69) is 43.3 Å². The number of para-hydroxylation sites is 1. The van der Waals surface area contributed by atoms with Crippen molar-refractivity contribution < 1.29 is 128 Å². The number of fused-ring (bicyclic) bond motifs is 4. The van der Waals surface area contributed by atoms with Crippen LogP contribution in [0.4, 0.5) is 0 Å². The third kappa shape index (κ3) is 22.9. The van der Waals surface area contributed by atoms with Crippen molar-refractivity contribution in [3.8, 4) is 23.0 Å². The van der Waals surface area contributed by atoms with E-state index in [0.717, 1.165) is 59.4 Å². The maximum absolute atomic E-state index is 12.0. The molecule has 0 saturated heterocycles. The first-order chi connectivity index (χ1) is 35.1. The summed E-state index contributed by atoms with van der Waals surface area (Å²) >= 11 is 2.38.